The molecule has 1 fully saturated rings. The third kappa shape index (κ3) is 4.52. The predicted molar refractivity (Wildman–Crippen MR) is 63.0 cm³/mol. The Labute approximate surface area is 98.5 Å². The minimum absolute atomic E-state index is 0.0796. The van der Waals surface area contributed by atoms with Crippen molar-refractivity contribution in [3.63, 3.8) is 0 Å². The summed E-state index contributed by atoms with van der Waals surface area (Å²) in [6.45, 7) is 5.67. The van der Waals surface area contributed by atoms with Crippen LogP contribution < -0.4 is 0 Å². The Kier molecular flexibility index (Phi) is 5.81. The average Bonchev–Trinajstić information content (AvgIpc) is 2.29. The molecule has 0 aliphatic heterocycles. The van der Waals surface area contributed by atoms with E-state index in [1.807, 2.05) is 20.8 Å². The largest absolute Gasteiger partial charge is 0.436 e. The summed E-state index contributed by atoms with van der Waals surface area (Å²) in [6, 6.07) is 0. The number of rotatable bonds is 5. The molecule has 0 spiro atoms. The third-order valence-corrected chi connectivity index (χ3v) is 2.95. The first kappa shape index (κ1) is 13.5. The van der Waals surface area contributed by atoms with Crippen LogP contribution in [0.4, 0.5) is 0 Å². The van der Waals surface area contributed by atoms with E-state index in [1.54, 1.807) is 0 Å². The summed E-state index contributed by atoms with van der Waals surface area (Å²) in [4.78, 5) is 11.5. The van der Waals surface area contributed by atoms with Gasteiger partial charge in [0.15, 0.2) is 0 Å². The summed E-state index contributed by atoms with van der Waals surface area (Å²) in [5.41, 5.74) is 0. The zero-order valence-electron chi connectivity index (χ0n) is 10.7. The Bertz CT molecular complexity index is 207. The van der Waals surface area contributed by atoms with Crippen molar-refractivity contribution in [2.75, 3.05) is 0 Å². The van der Waals surface area contributed by atoms with Crippen LogP contribution in [0.5, 0.6) is 0 Å². The minimum atomic E-state index is -0.349. The fourth-order valence-corrected chi connectivity index (χ4v) is 1.89. The summed E-state index contributed by atoms with van der Waals surface area (Å²) in [6.07, 6.45) is 6.66. The van der Waals surface area contributed by atoms with Crippen molar-refractivity contribution in [2.45, 2.75) is 71.7 Å². The molecule has 0 bridgehead atoms. The van der Waals surface area contributed by atoms with Gasteiger partial charge in [-0.2, -0.15) is 0 Å². The fraction of sp³-hybridized carbons (Fsp3) is 0.923. The van der Waals surface area contributed by atoms with Crippen molar-refractivity contribution < 1.29 is 14.3 Å². The van der Waals surface area contributed by atoms with Crippen LogP contribution in [-0.4, -0.2) is 18.4 Å². The number of ether oxygens (including phenoxy) is 2. The second kappa shape index (κ2) is 6.89. The van der Waals surface area contributed by atoms with E-state index < -0.39 is 0 Å². The van der Waals surface area contributed by atoms with Gasteiger partial charge >= 0.3 is 5.97 Å². The van der Waals surface area contributed by atoms with Crippen molar-refractivity contribution in [1.82, 2.24) is 0 Å². The molecule has 0 heterocycles. The van der Waals surface area contributed by atoms with E-state index in [0.29, 0.717) is 6.10 Å². The summed E-state index contributed by atoms with van der Waals surface area (Å²) < 4.78 is 11.1. The lowest BCUT2D eigenvalue weighted by atomic mass is 9.98. The predicted octanol–water partition coefficient (Wildman–Crippen LogP) is 3.27. The lowest BCUT2D eigenvalue weighted by Crippen LogP contribution is -2.29. The molecule has 0 aromatic rings. The molecule has 3 nitrogen and oxygen atoms in total. The standard InChI is InChI=1S/C13H24O3/c1-4-12(16-13(14)10(2)3)15-11-8-6-5-7-9-11/h10-12H,4-9H2,1-3H3. The molecule has 1 aliphatic rings. The molecule has 94 valence electrons. The van der Waals surface area contributed by atoms with Gasteiger partial charge in [0.2, 0.25) is 6.29 Å². The number of hydrogen-bond acceptors (Lipinski definition) is 3. The number of hydrogen-bond donors (Lipinski definition) is 0. The molecule has 1 unspecified atom stereocenters. The molecule has 3 heteroatoms. The first-order valence-electron chi connectivity index (χ1n) is 6.49. The Morgan fingerprint density at radius 3 is 2.38 bits per heavy atom. The van der Waals surface area contributed by atoms with Gasteiger partial charge in [-0.05, 0) is 12.8 Å². The van der Waals surface area contributed by atoms with E-state index >= 15 is 0 Å². The maximum Gasteiger partial charge on any atom is 0.310 e. The quantitative estimate of drug-likeness (QED) is 0.535. The van der Waals surface area contributed by atoms with E-state index in [-0.39, 0.29) is 18.2 Å². The van der Waals surface area contributed by atoms with E-state index in [9.17, 15) is 4.79 Å². The minimum Gasteiger partial charge on any atom is -0.436 e. The normalized spacial score (nSPS) is 19.8. The lowest BCUT2D eigenvalue weighted by Gasteiger charge is -2.27. The van der Waals surface area contributed by atoms with Crippen LogP contribution >= 0.6 is 0 Å². The molecule has 0 saturated heterocycles. The Balaban J connectivity index is 2.32. The average molecular weight is 228 g/mol. The molecule has 0 N–H and O–H groups in total. The second-order valence-electron chi connectivity index (χ2n) is 4.83. The fourth-order valence-electron chi connectivity index (χ4n) is 1.89. The smallest absolute Gasteiger partial charge is 0.310 e. The van der Waals surface area contributed by atoms with Gasteiger partial charge in [-0.25, -0.2) is 0 Å². The Hall–Kier alpha value is -0.570. The molecular formula is C13H24O3. The van der Waals surface area contributed by atoms with Gasteiger partial charge in [0, 0.05) is 6.42 Å². The monoisotopic (exact) mass is 228 g/mol. The number of carbonyl (C=O) groups is 1. The van der Waals surface area contributed by atoms with Gasteiger partial charge in [0.05, 0.1) is 12.0 Å². The molecule has 1 aliphatic carbocycles. The van der Waals surface area contributed by atoms with Crippen molar-refractivity contribution >= 4 is 5.97 Å². The first-order chi connectivity index (χ1) is 7.63. The summed E-state index contributed by atoms with van der Waals surface area (Å²) in [5.74, 6) is -0.244. The molecule has 0 radical (unpaired) electrons. The van der Waals surface area contributed by atoms with E-state index in [0.717, 1.165) is 19.3 Å². The van der Waals surface area contributed by atoms with Crippen LogP contribution in [0, 0.1) is 5.92 Å². The first-order valence-corrected chi connectivity index (χ1v) is 6.49. The van der Waals surface area contributed by atoms with Crippen LogP contribution in [0.3, 0.4) is 0 Å². The SMILES string of the molecule is CCC(OC(=O)C(C)C)OC1CCCCC1. The summed E-state index contributed by atoms with van der Waals surface area (Å²) in [7, 11) is 0. The molecule has 1 saturated carbocycles. The maximum atomic E-state index is 11.5. The van der Waals surface area contributed by atoms with Gasteiger partial charge in [0.25, 0.3) is 0 Å². The zero-order valence-corrected chi connectivity index (χ0v) is 10.7. The maximum absolute atomic E-state index is 11.5. The number of carbonyl (C=O) groups excluding carboxylic acids is 1. The van der Waals surface area contributed by atoms with Crippen molar-refractivity contribution in [1.29, 1.82) is 0 Å². The molecular weight excluding hydrogens is 204 g/mol. The molecule has 1 atom stereocenters. The highest BCUT2D eigenvalue weighted by Crippen LogP contribution is 2.22. The highest BCUT2D eigenvalue weighted by molar-refractivity contribution is 5.71. The van der Waals surface area contributed by atoms with E-state index in [4.69, 9.17) is 9.47 Å². The van der Waals surface area contributed by atoms with Crippen LogP contribution in [-0.2, 0) is 14.3 Å². The van der Waals surface area contributed by atoms with E-state index in [2.05, 4.69) is 0 Å². The van der Waals surface area contributed by atoms with Crippen molar-refractivity contribution in [3.8, 4) is 0 Å². The van der Waals surface area contributed by atoms with Gasteiger partial charge in [0.1, 0.15) is 0 Å². The van der Waals surface area contributed by atoms with Crippen LogP contribution in [0.15, 0.2) is 0 Å². The molecule has 0 aromatic carbocycles. The van der Waals surface area contributed by atoms with Gasteiger partial charge in [-0.3, -0.25) is 4.79 Å². The summed E-state index contributed by atoms with van der Waals surface area (Å²) in [5, 5.41) is 0. The number of esters is 1. The van der Waals surface area contributed by atoms with Crippen molar-refractivity contribution in [3.05, 3.63) is 0 Å². The molecule has 0 aromatic heterocycles. The highest BCUT2D eigenvalue weighted by Gasteiger charge is 2.21. The Morgan fingerprint density at radius 1 is 1.25 bits per heavy atom. The molecule has 0 amide bonds. The molecule has 1 rings (SSSR count). The van der Waals surface area contributed by atoms with Crippen molar-refractivity contribution in [2.24, 2.45) is 5.92 Å². The summed E-state index contributed by atoms with van der Waals surface area (Å²) >= 11 is 0. The topological polar surface area (TPSA) is 35.5 Å². The molecule has 16 heavy (non-hydrogen) atoms. The second-order valence-corrected chi connectivity index (χ2v) is 4.83. The van der Waals surface area contributed by atoms with Gasteiger partial charge < -0.3 is 9.47 Å². The highest BCUT2D eigenvalue weighted by atomic mass is 16.7. The lowest BCUT2D eigenvalue weighted by molar-refractivity contribution is -0.196. The van der Waals surface area contributed by atoms with Gasteiger partial charge in [-0.1, -0.05) is 40.0 Å². The van der Waals surface area contributed by atoms with Crippen LogP contribution in [0.2, 0.25) is 0 Å². The third-order valence-electron chi connectivity index (χ3n) is 2.95. The Morgan fingerprint density at radius 2 is 1.88 bits per heavy atom. The zero-order chi connectivity index (χ0) is 12.0. The van der Waals surface area contributed by atoms with Gasteiger partial charge in [-0.15, -0.1) is 0 Å². The van der Waals surface area contributed by atoms with Crippen LogP contribution in [0.1, 0.15) is 59.3 Å². The van der Waals surface area contributed by atoms with Crippen LogP contribution in [0.25, 0.3) is 0 Å². The van der Waals surface area contributed by atoms with E-state index in [1.165, 1.54) is 19.3 Å².